The molecule has 0 unspecified atom stereocenters. The molecule has 0 saturated carbocycles. The number of anilines is 1. The van der Waals surface area contributed by atoms with Crippen molar-refractivity contribution in [2.24, 2.45) is 0 Å². The van der Waals surface area contributed by atoms with Crippen LogP contribution in [0, 0.1) is 0 Å². The zero-order valence-corrected chi connectivity index (χ0v) is 11.0. The summed E-state index contributed by atoms with van der Waals surface area (Å²) in [7, 11) is 0. The number of nitrogens with zero attached hydrogens (tertiary/aromatic N) is 1. The lowest BCUT2D eigenvalue weighted by molar-refractivity contribution is -0.118. The molecule has 1 aromatic carbocycles. The molecule has 4 heteroatoms. The summed E-state index contributed by atoms with van der Waals surface area (Å²) < 4.78 is 5.65. The Morgan fingerprint density at radius 3 is 3.06 bits per heavy atom. The number of nitrogens with one attached hydrogen (secondary N) is 1. The molecule has 98 valence electrons. The van der Waals surface area contributed by atoms with Crippen molar-refractivity contribution in [1.82, 2.24) is 5.32 Å². The maximum atomic E-state index is 10.9. The van der Waals surface area contributed by atoms with E-state index in [2.05, 4.69) is 29.3 Å². The van der Waals surface area contributed by atoms with E-state index in [-0.39, 0.29) is 5.91 Å². The van der Waals surface area contributed by atoms with E-state index in [1.807, 2.05) is 6.07 Å². The predicted octanol–water partition coefficient (Wildman–Crippen LogP) is 1.58. The third kappa shape index (κ3) is 2.94. The Balaban J connectivity index is 2.08. The zero-order chi connectivity index (χ0) is 13.0. The third-order valence-corrected chi connectivity index (χ3v) is 3.15. The molecular formula is C14H20N2O2. The highest BCUT2D eigenvalue weighted by Gasteiger charge is 2.17. The Kier molecular flexibility index (Phi) is 4.07. The van der Waals surface area contributed by atoms with Crippen LogP contribution in [-0.4, -0.2) is 32.1 Å². The Labute approximate surface area is 108 Å². The molecule has 0 atom stereocenters. The van der Waals surface area contributed by atoms with Crippen LogP contribution in [0.25, 0.3) is 0 Å². The van der Waals surface area contributed by atoms with E-state index in [1.165, 1.54) is 5.56 Å². The van der Waals surface area contributed by atoms with E-state index in [1.54, 1.807) is 6.92 Å². The minimum Gasteiger partial charge on any atom is -0.490 e. The number of fused-ring (bicyclic) bond motifs is 1. The molecule has 4 nitrogen and oxygen atoms in total. The van der Waals surface area contributed by atoms with E-state index in [0.29, 0.717) is 13.2 Å². The molecule has 0 saturated heterocycles. The average molecular weight is 248 g/mol. The van der Waals surface area contributed by atoms with Gasteiger partial charge in [-0.1, -0.05) is 13.0 Å². The molecule has 2 rings (SSSR count). The standard InChI is InChI=1S/C14H20N2O2/c1-3-12-4-5-14-13(10-12)16(8-9-18-14)7-6-15-11(2)17/h4-5,10H,3,6-9H2,1-2H3,(H,15,17). The maximum Gasteiger partial charge on any atom is 0.216 e. The van der Waals surface area contributed by atoms with Crippen LogP contribution < -0.4 is 15.0 Å². The van der Waals surface area contributed by atoms with Crippen LogP contribution in [0.5, 0.6) is 5.75 Å². The Morgan fingerprint density at radius 1 is 1.50 bits per heavy atom. The van der Waals surface area contributed by atoms with Crippen molar-refractivity contribution >= 4 is 11.6 Å². The third-order valence-electron chi connectivity index (χ3n) is 3.15. The number of ether oxygens (including phenoxy) is 1. The van der Waals surface area contributed by atoms with Crippen LogP contribution in [0.2, 0.25) is 0 Å². The highest BCUT2D eigenvalue weighted by Crippen LogP contribution is 2.32. The topological polar surface area (TPSA) is 41.6 Å². The summed E-state index contributed by atoms with van der Waals surface area (Å²) in [5.41, 5.74) is 2.45. The summed E-state index contributed by atoms with van der Waals surface area (Å²) >= 11 is 0. The minimum atomic E-state index is 0.0193. The van der Waals surface area contributed by atoms with Gasteiger partial charge in [0.1, 0.15) is 12.4 Å². The summed E-state index contributed by atoms with van der Waals surface area (Å²) in [5.74, 6) is 0.965. The highest BCUT2D eigenvalue weighted by atomic mass is 16.5. The van der Waals surface area contributed by atoms with Crippen LogP contribution in [0.15, 0.2) is 18.2 Å². The van der Waals surface area contributed by atoms with Gasteiger partial charge in [0.15, 0.2) is 0 Å². The second kappa shape index (κ2) is 5.76. The predicted molar refractivity (Wildman–Crippen MR) is 72.2 cm³/mol. The van der Waals surface area contributed by atoms with Gasteiger partial charge in [0.05, 0.1) is 12.2 Å². The van der Waals surface area contributed by atoms with Crippen molar-refractivity contribution in [2.45, 2.75) is 20.3 Å². The number of rotatable bonds is 4. The smallest absolute Gasteiger partial charge is 0.216 e. The molecule has 0 aromatic heterocycles. The van der Waals surface area contributed by atoms with Crippen molar-refractivity contribution < 1.29 is 9.53 Å². The van der Waals surface area contributed by atoms with Gasteiger partial charge < -0.3 is 15.0 Å². The van der Waals surface area contributed by atoms with Crippen LogP contribution in [-0.2, 0) is 11.2 Å². The van der Waals surface area contributed by atoms with Gasteiger partial charge in [-0.15, -0.1) is 0 Å². The fraction of sp³-hybridized carbons (Fsp3) is 0.500. The second-order valence-electron chi connectivity index (χ2n) is 4.47. The van der Waals surface area contributed by atoms with Gasteiger partial charge in [-0.2, -0.15) is 0 Å². The number of carbonyl (C=O) groups is 1. The molecule has 1 aliphatic rings. The van der Waals surface area contributed by atoms with Crippen LogP contribution in [0.1, 0.15) is 19.4 Å². The fourth-order valence-electron chi connectivity index (χ4n) is 2.14. The Morgan fingerprint density at radius 2 is 2.33 bits per heavy atom. The summed E-state index contributed by atoms with van der Waals surface area (Å²) in [6, 6.07) is 6.33. The molecule has 0 spiro atoms. The lowest BCUT2D eigenvalue weighted by atomic mass is 10.1. The van der Waals surface area contributed by atoms with E-state index in [0.717, 1.165) is 30.9 Å². The van der Waals surface area contributed by atoms with Gasteiger partial charge in [0.2, 0.25) is 5.91 Å². The van der Waals surface area contributed by atoms with E-state index >= 15 is 0 Å². The SMILES string of the molecule is CCc1ccc2c(c1)N(CCNC(C)=O)CCO2. The molecule has 1 aromatic rings. The van der Waals surface area contributed by atoms with Gasteiger partial charge in [-0.3, -0.25) is 4.79 Å². The first-order valence-electron chi connectivity index (χ1n) is 6.46. The Bertz CT molecular complexity index is 432. The average Bonchev–Trinajstić information content (AvgIpc) is 2.38. The molecule has 18 heavy (non-hydrogen) atoms. The molecule has 1 amide bonds. The number of benzene rings is 1. The summed E-state index contributed by atoms with van der Waals surface area (Å²) in [4.78, 5) is 13.1. The largest absolute Gasteiger partial charge is 0.490 e. The lowest BCUT2D eigenvalue weighted by Crippen LogP contribution is -2.38. The normalized spacial score (nSPS) is 13.8. The van der Waals surface area contributed by atoms with Crippen molar-refractivity contribution in [2.75, 3.05) is 31.1 Å². The van der Waals surface area contributed by atoms with Crippen molar-refractivity contribution in [3.05, 3.63) is 23.8 Å². The molecule has 0 aliphatic carbocycles. The van der Waals surface area contributed by atoms with Crippen molar-refractivity contribution in [3.8, 4) is 5.75 Å². The number of hydrogen-bond acceptors (Lipinski definition) is 3. The monoisotopic (exact) mass is 248 g/mol. The lowest BCUT2D eigenvalue weighted by Gasteiger charge is -2.31. The first kappa shape index (κ1) is 12.7. The van der Waals surface area contributed by atoms with Crippen LogP contribution in [0.4, 0.5) is 5.69 Å². The van der Waals surface area contributed by atoms with Crippen molar-refractivity contribution in [3.63, 3.8) is 0 Å². The van der Waals surface area contributed by atoms with Gasteiger partial charge in [0, 0.05) is 20.0 Å². The first-order valence-corrected chi connectivity index (χ1v) is 6.46. The molecule has 0 bridgehead atoms. The summed E-state index contributed by atoms with van der Waals surface area (Å²) in [5, 5.41) is 2.83. The fourth-order valence-corrected chi connectivity index (χ4v) is 2.14. The highest BCUT2D eigenvalue weighted by molar-refractivity contribution is 5.72. The van der Waals surface area contributed by atoms with Gasteiger partial charge in [-0.05, 0) is 24.1 Å². The van der Waals surface area contributed by atoms with Crippen LogP contribution in [0.3, 0.4) is 0 Å². The maximum absolute atomic E-state index is 10.9. The van der Waals surface area contributed by atoms with Crippen LogP contribution >= 0.6 is 0 Å². The van der Waals surface area contributed by atoms with Gasteiger partial charge in [-0.25, -0.2) is 0 Å². The minimum absolute atomic E-state index is 0.0193. The number of aryl methyl sites for hydroxylation is 1. The summed E-state index contributed by atoms with van der Waals surface area (Å²) in [6.07, 6.45) is 1.02. The van der Waals surface area contributed by atoms with Gasteiger partial charge in [0.25, 0.3) is 0 Å². The quantitative estimate of drug-likeness (QED) is 0.879. The zero-order valence-electron chi connectivity index (χ0n) is 11.0. The number of amides is 1. The van der Waals surface area contributed by atoms with Crippen molar-refractivity contribution in [1.29, 1.82) is 0 Å². The van der Waals surface area contributed by atoms with E-state index < -0.39 is 0 Å². The van der Waals surface area contributed by atoms with E-state index in [9.17, 15) is 4.79 Å². The molecule has 0 radical (unpaired) electrons. The second-order valence-corrected chi connectivity index (χ2v) is 4.47. The number of hydrogen-bond donors (Lipinski definition) is 1. The molecular weight excluding hydrogens is 228 g/mol. The molecule has 1 N–H and O–H groups in total. The molecule has 1 heterocycles. The molecule has 0 fully saturated rings. The molecule has 1 aliphatic heterocycles. The summed E-state index contributed by atoms with van der Waals surface area (Å²) in [6.45, 7) is 6.77. The first-order chi connectivity index (χ1) is 8.70. The number of carbonyl (C=O) groups excluding carboxylic acids is 1. The Hall–Kier alpha value is -1.71. The van der Waals surface area contributed by atoms with Gasteiger partial charge >= 0.3 is 0 Å². The van der Waals surface area contributed by atoms with E-state index in [4.69, 9.17) is 4.74 Å².